The van der Waals surface area contributed by atoms with E-state index in [2.05, 4.69) is 15.5 Å². The third kappa shape index (κ3) is 2.17. The summed E-state index contributed by atoms with van der Waals surface area (Å²) in [5.74, 6) is 1.17. The molecule has 2 rings (SSSR count). The van der Waals surface area contributed by atoms with Crippen molar-refractivity contribution < 1.29 is 8.91 Å². The SMILES string of the molecule is CC(C)(C)c1noc(C2CC(F)CN2)n1. The van der Waals surface area contributed by atoms with E-state index in [4.69, 9.17) is 4.52 Å². The number of alkyl halides is 1. The molecule has 1 aromatic heterocycles. The van der Waals surface area contributed by atoms with Gasteiger partial charge in [-0.25, -0.2) is 4.39 Å². The Morgan fingerprint density at radius 2 is 2.20 bits per heavy atom. The molecule has 0 aromatic carbocycles. The van der Waals surface area contributed by atoms with Crippen LogP contribution in [0.3, 0.4) is 0 Å². The van der Waals surface area contributed by atoms with Gasteiger partial charge in [0.15, 0.2) is 5.82 Å². The Balaban J connectivity index is 2.14. The number of aromatic nitrogens is 2. The van der Waals surface area contributed by atoms with Crippen molar-refractivity contribution in [1.29, 1.82) is 0 Å². The lowest BCUT2D eigenvalue weighted by molar-refractivity contribution is 0.319. The van der Waals surface area contributed by atoms with Crippen LogP contribution < -0.4 is 5.32 Å². The van der Waals surface area contributed by atoms with E-state index in [-0.39, 0.29) is 11.5 Å². The maximum absolute atomic E-state index is 12.9. The van der Waals surface area contributed by atoms with Crippen molar-refractivity contribution in [1.82, 2.24) is 15.5 Å². The summed E-state index contributed by atoms with van der Waals surface area (Å²) in [6, 6.07) is -0.122. The van der Waals surface area contributed by atoms with Crippen molar-refractivity contribution in [2.75, 3.05) is 6.54 Å². The molecule has 0 aliphatic carbocycles. The van der Waals surface area contributed by atoms with Crippen LogP contribution in [-0.4, -0.2) is 22.9 Å². The second-order valence-electron chi connectivity index (χ2n) is 5.00. The summed E-state index contributed by atoms with van der Waals surface area (Å²) in [7, 11) is 0. The zero-order chi connectivity index (χ0) is 11.1. The van der Waals surface area contributed by atoms with E-state index in [1.54, 1.807) is 0 Å². The maximum atomic E-state index is 12.9. The predicted octanol–water partition coefficient (Wildman–Crippen LogP) is 1.74. The van der Waals surface area contributed by atoms with E-state index < -0.39 is 6.17 Å². The fourth-order valence-electron chi connectivity index (χ4n) is 1.56. The first-order chi connectivity index (χ1) is 6.97. The maximum Gasteiger partial charge on any atom is 0.243 e. The molecule has 5 heteroatoms. The van der Waals surface area contributed by atoms with Gasteiger partial charge in [-0.1, -0.05) is 25.9 Å². The Morgan fingerprint density at radius 1 is 1.47 bits per heavy atom. The van der Waals surface area contributed by atoms with Crippen LogP contribution in [0.1, 0.15) is 44.9 Å². The highest BCUT2D eigenvalue weighted by Gasteiger charge is 2.30. The van der Waals surface area contributed by atoms with E-state index >= 15 is 0 Å². The standard InChI is InChI=1S/C10H16FN3O/c1-10(2,3)9-13-8(15-14-9)7-4-6(11)5-12-7/h6-7,12H,4-5H2,1-3H3. The van der Waals surface area contributed by atoms with Gasteiger partial charge >= 0.3 is 0 Å². The van der Waals surface area contributed by atoms with Crippen molar-refractivity contribution in [3.8, 4) is 0 Å². The van der Waals surface area contributed by atoms with Crippen LogP contribution in [-0.2, 0) is 5.41 Å². The van der Waals surface area contributed by atoms with Crippen molar-refractivity contribution >= 4 is 0 Å². The second-order valence-corrected chi connectivity index (χ2v) is 5.00. The van der Waals surface area contributed by atoms with Gasteiger partial charge < -0.3 is 9.84 Å². The van der Waals surface area contributed by atoms with Crippen molar-refractivity contribution in [2.24, 2.45) is 0 Å². The molecule has 0 amide bonds. The molecule has 1 aliphatic rings. The van der Waals surface area contributed by atoms with Gasteiger partial charge in [-0.15, -0.1) is 0 Å². The molecule has 1 saturated heterocycles. The molecule has 1 N–H and O–H groups in total. The lowest BCUT2D eigenvalue weighted by Gasteiger charge is -2.11. The lowest BCUT2D eigenvalue weighted by Crippen LogP contribution is -2.16. The largest absolute Gasteiger partial charge is 0.338 e. The molecule has 0 saturated carbocycles. The van der Waals surface area contributed by atoms with Gasteiger partial charge in [0.1, 0.15) is 6.17 Å². The summed E-state index contributed by atoms with van der Waals surface area (Å²) < 4.78 is 18.1. The van der Waals surface area contributed by atoms with Crippen LogP contribution in [0.5, 0.6) is 0 Å². The predicted molar refractivity (Wildman–Crippen MR) is 53.3 cm³/mol. The third-order valence-corrected chi connectivity index (χ3v) is 2.49. The van der Waals surface area contributed by atoms with Crippen LogP contribution in [0.2, 0.25) is 0 Å². The van der Waals surface area contributed by atoms with Crippen LogP contribution in [0.25, 0.3) is 0 Å². The van der Waals surface area contributed by atoms with Gasteiger partial charge in [0, 0.05) is 18.4 Å². The fraction of sp³-hybridized carbons (Fsp3) is 0.800. The number of nitrogens with one attached hydrogen (secondary N) is 1. The second kappa shape index (κ2) is 3.56. The first-order valence-corrected chi connectivity index (χ1v) is 5.18. The van der Waals surface area contributed by atoms with Gasteiger partial charge in [-0.3, -0.25) is 0 Å². The molecule has 2 atom stereocenters. The Hall–Kier alpha value is -0.970. The molecule has 1 aromatic rings. The van der Waals surface area contributed by atoms with Crippen molar-refractivity contribution in [2.45, 2.75) is 44.8 Å². The summed E-state index contributed by atoms with van der Waals surface area (Å²) in [6.07, 6.45) is -0.383. The zero-order valence-corrected chi connectivity index (χ0v) is 9.25. The number of halogens is 1. The highest BCUT2D eigenvalue weighted by molar-refractivity contribution is 5.03. The van der Waals surface area contributed by atoms with Gasteiger partial charge in [-0.05, 0) is 0 Å². The first kappa shape index (κ1) is 10.5. The minimum Gasteiger partial charge on any atom is -0.338 e. The van der Waals surface area contributed by atoms with Gasteiger partial charge in [-0.2, -0.15) is 4.98 Å². The molecular weight excluding hydrogens is 197 g/mol. The van der Waals surface area contributed by atoms with Crippen LogP contribution in [0, 0.1) is 0 Å². The monoisotopic (exact) mass is 213 g/mol. The van der Waals surface area contributed by atoms with Crippen LogP contribution in [0.15, 0.2) is 4.52 Å². The van der Waals surface area contributed by atoms with Gasteiger partial charge in [0.25, 0.3) is 0 Å². The summed E-state index contributed by atoms with van der Waals surface area (Å²) in [6.45, 7) is 6.42. The number of nitrogens with zero attached hydrogens (tertiary/aromatic N) is 2. The molecule has 84 valence electrons. The Bertz CT molecular complexity index is 345. The summed E-state index contributed by atoms with van der Waals surface area (Å²) >= 11 is 0. The molecular formula is C10H16FN3O. The van der Waals surface area contributed by atoms with E-state index in [1.165, 1.54) is 0 Å². The molecule has 4 nitrogen and oxygen atoms in total. The quantitative estimate of drug-likeness (QED) is 0.772. The van der Waals surface area contributed by atoms with Crippen molar-refractivity contribution in [3.63, 3.8) is 0 Å². The molecule has 0 bridgehead atoms. The molecule has 2 heterocycles. The summed E-state index contributed by atoms with van der Waals surface area (Å²) in [5.41, 5.74) is -0.129. The fourth-order valence-corrected chi connectivity index (χ4v) is 1.56. The number of rotatable bonds is 1. The van der Waals surface area contributed by atoms with Crippen LogP contribution in [0.4, 0.5) is 4.39 Å². The molecule has 15 heavy (non-hydrogen) atoms. The van der Waals surface area contributed by atoms with E-state index in [9.17, 15) is 4.39 Å². The molecule has 1 fully saturated rings. The average Bonchev–Trinajstić information content (AvgIpc) is 2.69. The molecule has 1 aliphatic heterocycles. The smallest absolute Gasteiger partial charge is 0.243 e. The van der Waals surface area contributed by atoms with Crippen molar-refractivity contribution in [3.05, 3.63) is 11.7 Å². The summed E-state index contributed by atoms with van der Waals surface area (Å²) in [5, 5.41) is 6.92. The highest BCUT2D eigenvalue weighted by atomic mass is 19.1. The Labute approximate surface area is 88.2 Å². The summed E-state index contributed by atoms with van der Waals surface area (Å²) in [4.78, 5) is 4.29. The molecule has 0 spiro atoms. The normalized spacial score (nSPS) is 27.2. The molecule has 2 unspecified atom stereocenters. The third-order valence-electron chi connectivity index (χ3n) is 2.49. The lowest BCUT2D eigenvalue weighted by atomic mass is 9.96. The van der Waals surface area contributed by atoms with E-state index in [0.29, 0.717) is 24.7 Å². The first-order valence-electron chi connectivity index (χ1n) is 5.18. The Morgan fingerprint density at radius 3 is 2.67 bits per heavy atom. The minimum absolute atomic E-state index is 0.122. The topological polar surface area (TPSA) is 51.0 Å². The average molecular weight is 213 g/mol. The van der Waals surface area contributed by atoms with Gasteiger partial charge in [0.2, 0.25) is 5.89 Å². The van der Waals surface area contributed by atoms with Crippen LogP contribution >= 0.6 is 0 Å². The van der Waals surface area contributed by atoms with Gasteiger partial charge in [0.05, 0.1) is 6.04 Å². The van der Waals surface area contributed by atoms with E-state index in [1.807, 2.05) is 20.8 Å². The highest BCUT2D eigenvalue weighted by Crippen LogP contribution is 2.26. The van der Waals surface area contributed by atoms with E-state index in [0.717, 1.165) is 0 Å². The number of hydrogen-bond donors (Lipinski definition) is 1. The molecule has 0 radical (unpaired) electrons. The number of hydrogen-bond acceptors (Lipinski definition) is 4. The zero-order valence-electron chi connectivity index (χ0n) is 9.25. The minimum atomic E-state index is -0.806. The Kier molecular flexibility index (Phi) is 2.50.